The molecular formula is C16H21N3O2. The molecule has 0 spiro atoms. The van der Waals surface area contributed by atoms with E-state index in [1.54, 1.807) is 0 Å². The number of carbonyl (C=O) groups is 1. The molecule has 0 saturated carbocycles. The van der Waals surface area contributed by atoms with E-state index in [-0.39, 0.29) is 11.8 Å². The Morgan fingerprint density at radius 3 is 2.90 bits per heavy atom. The Bertz CT molecular complexity index is 644. The van der Waals surface area contributed by atoms with Gasteiger partial charge in [-0.15, -0.1) is 0 Å². The molecular weight excluding hydrogens is 266 g/mol. The molecule has 1 atom stereocenters. The van der Waals surface area contributed by atoms with Crippen molar-refractivity contribution < 1.29 is 9.53 Å². The summed E-state index contributed by atoms with van der Waals surface area (Å²) in [5.74, 6) is 0.0884. The van der Waals surface area contributed by atoms with Crippen molar-refractivity contribution in [2.75, 3.05) is 18.5 Å². The molecule has 21 heavy (non-hydrogen) atoms. The van der Waals surface area contributed by atoms with Crippen molar-refractivity contribution in [2.24, 2.45) is 11.7 Å². The van der Waals surface area contributed by atoms with Crippen LogP contribution in [0.2, 0.25) is 0 Å². The van der Waals surface area contributed by atoms with E-state index in [0.717, 1.165) is 35.1 Å². The summed E-state index contributed by atoms with van der Waals surface area (Å²) in [5, 5.41) is 4.01. The number of rotatable bonds is 3. The lowest BCUT2D eigenvalue weighted by molar-refractivity contribution is -0.119. The van der Waals surface area contributed by atoms with Gasteiger partial charge in [0, 0.05) is 35.5 Å². The molecule has 112 valence electrons. The quantitative estimate of drug-likeness (QED) is 0.809. The van der Waals surface area contributed by atoms with Gasteiger partial charge >= 0.3 is 0 Å². The van der Waals surface area contributed by atoms with Crippen LogP contribution in [0.25, 0.3) is 10.9 Å². The number of fused-ring (bicyclic) bond motifs is 1. The van der Waals surface area contributed by atoms with E-state index in [9.17, 15) is 4.79 Å². The largest absolute Gasteiger partial charge is 0.381 e. The van der Waals surface area contributed by atoms with Gasteiger partial charge in [0.2, 0.25) is 5.91 Å². The van der Waals surface area contributed by atoms with Crippen molar-refractivity contribution >= 4 is 22.5 Å². The van der Waals surface area contributed by atoms with E-state index >= 15 is 0 Å². The van der Waals surface area contributed by atoms with Crippen LogP contribution in [0.1, 0.15) is 18.5 Å². The maximum atomic E-state index is 12.3. The monoisotopic (exact) mass is 287 g/mol. The third kappa shape index (κ3) is 3.09. The van der Waals surface area contributed by atoms with Crippen LogP contribution in [-0.2, 0) is 9.53 Å². The Balaban J connectivity index is 1.69. The Labute approximate surface area is 123 Å². The lowest BCUT2D eigenvalue weighted by Gasteiger charge is -2.26. The van der Waals surface area contributed by atoms with Gasteiger partial charge in [-0.2, -0.15) is 0 Å². The van der Waals surface area contributed by atoms with Crippen molar-refractivity contribution in [1.82, 2.24) is 4.98 Å². The maximum Gasteiger partial charge on any atom is 0.241 e. The first-order valence-electron chi connectivity index (χ1n) is 7.37. The van der Waals surface area contributed by atoms with E-state index in [1.807, 2.05) is 25.1 Å². The summed E-state index contributed by atoms with van der Waals surface area (Å²) >= 11 is 0. The minimum Gasteiger partial charge on any atom is -0.381 e. The normalized spacial score (nSPS) is 17.8. The Kier molecular flexibility index (Phi) is 3.94. The number of amides is 1. The van der Waals surface area contributed by atoms with Gasteiger partial charge in [-0.05, 0) is 49.9 Å². The number of anilines is 1. The molecule has 1 aliphatic rings. The van der Waals surface area contributed by atoms with Crippen LogP contribution in [0.4, 0.5) is 5.69 Å². The van der Waals surface area contributed by atoms with Crippen LogP contribution in [-0.4, -0.2) is 30.1 Å². The zero-order valence-electron chi connectivity index (χ0n) is 12.2. The van der Waals surface area contributed by atoms with Crippen LogP contribution in [0, 0.1) is 12.8 Å². The standard InChI is InChI=1S/C16H21N3O2/c1-10-8-12-9-13(2-3-14(12)18-10)19-16(20)15(17)11-4-6-21-7-5-11/h2-3,8-9,11,15,18H,4-7,17H2,1H3,(H,19,20). The highest BCUT2D eigenvalue weighted by Crippen LogP contribution is 2.22. The average Bonchev–Trinajstić information content (AvgIpc) is 2.86. The summed E-state index contributed by atoms with van der Waals surface area (Å²) in [6.45, 7) is 3.40. The SMILES string of the molecule is Cc1cc2cc(NC(=O)C(N)C3CCOCC3)ccc2[nH]1. The van der Waals surface area contributed by atoms with Crippen molar-refractivity contribution in [3.63, 3.8) is 0 Å². The highest BCUT2D eigenvalue weighted by atomic mass is 16.5. The number of H-pyrrole nitrogens is 1. The fraction of sp³-hybridized carbons (Fsp3) is 0.438. The van der Waals surface area contributed by atoms with Gasteiger partial charge in [-0.25, -0.2) is 0 Å². The number of carbonyl (C=O) groups excluding carboxylic acids is 1. The Morgan fingerprint density at radius 2 is 2.14 bits per heavy atom. The number of nitrogens with two attached hydrogens (primary N) is 1. The van der Waals surface area contributed by atoms with Crippen LogP contribution >= 0.6 is 0 Å². The third-order valence-electron chi connectivity index (χ3n) is 4.10. The van der Waals surface area contributed by atoms with Gasteiger partial charge in [0.05, 0.1) is 6.04 Å². The summed E-state index contributed by atoms with van der Waals surface area (Å²) in [4.78, 5) is 15.5. The van der Waals surface area contributed by atoms with Gasteiger partial charge in [0.15, 0.2) is 0 Å². The zero-order valence-corrected chi connectivity index (χ0v) is 12.2. The fourth-order valence-electron chi connectivity index (χ4n) is 2.87. The second-order valence-corrected chi connectivity index (χ2v) is 5.72. The van der Waals surface area contributed by atoms with E-state index in [0.29, 0.717) is 13.2 Å². The zero-order chi connectivity index (χ0) is 14.8. The first-order chi connectivity index (χ1) is 10.1. The number of aromatic nitrogens is 1. The molecule has 1 aromatic carbocycles. The van der Waals surface area contributed by atoms with Gasteiger partial charge < -0.3 is 20.8 Å². The molecule has 1 aliphatic heterocycles. The second kappa shape index (κ2) is 5.87. The lowest BCUT2D eigenvalue weighted by Crippen LogP contribution is -2.43. The molecule has 2 heterocycles. The van der Waals surface area contributed by atoms with Crippen LogP contribution in [0.15, 0.2) is 24.3 Å². The van der Waals surface area contributed by atoms with Crippen molar-refractivity contribution in [2.45, 2.75) is 25.8 Å². The van der Waals surface area contributed by atoms with E-state index < -0.39 is 6.04 Å². The Hall–Kier alpha value is -1.85. The first kappa shape index (κ1) is 14.1. The molecule has 3 rings (SSSR count). The molecule has 1 unspecified atom stereocenters. The average molecular weight is 287 g/mol. The predicted molar refractivity (Wildman–Crippen MR) is 83.2 cm³/mol. The Morgan fingerprint density at radius 1 is 1.38 bits per heavy atom. The maximum absolute atomic E-state index is 12.3. The van der Waals surface area contributed by atoms with Crippen LogP contribution < -0.4 is 11.1 Å². The van der Waals surface area contributed by atoms with Crippen LogP contribution in [0.3, 0.4) is 0 Å². The molecule has 5 heteroatoms. The number of ether oxygens (including phenoxy) is 1. The number of aryl methyl sites for hydroxylation is 1. The summed E-state index contributed by atoms with van der Waals surface area (Å²) in [5.41, 5.74) is 9.04. The van der Waals surface area contributed by atoms with Crippen molar-refractivity contribution in [1.29, 1.82) is 0 Å². The van der Waals surface area contributed by atoms with Gasteiger partial charge in [0.25, 0.3) is 0 Å². The first-order valence-corrected chi connectivity index (χ1v) is 7.37. The summed E-state index contributed by atoms with van der Waals surface area (Å²) < 4.78 is 5.31. The summed E-state index contributed by atoms with van der Waals surface area (Å²) in [7, 11) is 0. The van der Waals surface area contributed by atoms with E-state index in [1.165, 1.54) is 0 Å². The molecule has 0 bridgehead atoms. The van der Waals surface area contributed by atoms with E-state index in [4.69, 9.17) is 10.5 Å². The molecule has 0 radical (unpaired) electrons. The van der Waals surface area contributed by atoms with Crippen molar-refractivity contribution in [3.05, 3.63) is 30.0 Å². The van der Waals surface area contributed by atoms with E-state index in [2.05, 4.69) is 16.4 Å². The number of nitrogens with one attached hydrogen (secondary N) is 2. The van der Waals surface area contributed by atoms with Gasteiger partial charge in [0.1, 0.15) is 0 Å². The molecule has 4 N–H and O–H groups in total. The summed E-state index contributed by atoms with van der Waals surface area (Å²) in [6, 6.07) is 7.42. The molecule has 1 aromatic heterocycles. The molecule has 0 aliphatic carbocycles. The molecule has 5 nitrogen and oxygen atoms in total. The third-order valence-corrected chi connectivity index (χ3v) is 4.10. The topological polar surface area (TPSA) is 80.1 Å². The predicted octanol–water partition coefficient (Wildman–Crippen LogP) is 2.17. The van der Waals surface area contributed by atoms with Gasteiger partial charge in [-0.1, -0.05) is 0 Å². The van der Waals surface area contributed by atoms with Crippen LogP contribution in [0.5, 0.6) is 0 Å². The molecule has 1 saturated heterocycles. The smallest absolute Gasteiger partial charge is 0.241 e. The second-order valence-electron chi connectivity index (χ2n) is 5.72. The number of hydrogen-bond donors (Lipinski definition) is 3. The fourth-order valence-corrected chi connectivity index (χ4v) is 2.87. The summed E-state index contributed by atoms with van der Waals surface area (Å²) in [6.07, 6.45) is 1.70. The number of aromatic amines is 1. The van der Waals surface area contributed by atoms with Gasteiger partial charge in [-0.3, -0.25) is 4.79 Å². The highest BCUT2D eigenvalue weighted by molar-refractivity contribution is 5.97. The molecule has 1 amide bonds. The molecule has 2 aromatic rings. The minimum absolute atomic E-state index is 0.117. The number of benzene rings is 1. The highest BCUT2D eigenvalue weighted by Gasteiger charge is 2.26. The lowest BCUT2D eigenvalue weighted by atomic mass is 9.92. The molecule has 1 fully saturated rings. The van der Waals surface area contributed by atoms with Crippen molar-refractivity contribution in [3.8, 4) is 0 Å². The minimum atomic E-state index is -0.474. The number of hydrogen-bond acceptors (Lipinski definition) is 3.